The van der Waals surface area contributed by atoms with E-state index in [9.17, 15) is 4.79 Å². The second kappa shape index (κ2) is 4.98. The van der Waals surface area contributed by atoms with Crippen LogP contribution < -0.4 is 5.73 Å². The zero-order valence-corrected chi connectivity index (χ0v) is 12.1. The van der Waals surface area contributed by atoms with E-state index in [4.69, 9.17) is 5.73 Å². The van der Waals surface area contributed by atoms with E-state index in [1.807, 2.05) is 24.5 Å². The molecule has 2 unspecified atom stereocenters. The van der Waals surface area contributed by atoms with Crippen LogP contribution in [-0.2, 0) is 0 Å². The van der Waals surface area contributed by atoms with Gasteiger partial charge in [-0.1, -0.05) is 36.4 Å². The van der Waals surface area contributed by atoms with Crippen molar-refractivity contribution in [1.29, 1.82) is 0 Å². The maximum atomic E-state index is 12.7. The summed E-state index contributed by atoms with van der Waals surface area (Å²) in [5.41, 5.74) is 9.62. The van der Waals surface area contributed by atoms with Crippen LogP contribution in [0.2, 0.25) is 0 Å². The molecule has 2 aliphatic rings. The summed E-state index contributed by atoms with van der Waals surface area (Å²) in [5, 5.41) is 0. The summed E-state index contributed by atoms with van der Waals surface area (Å²) < 4.78 is 0. The van der Waals surface area contributed by atoms with Crippen LogP contribution in [0, 0.1) is 0 Å². The van der Waals surface area contributed by atoms with Crippen molar-refractivity contribution in [2.24, 2.45) is 4.99 Å². The summed E-state index contributed by atoms with van der Waals surface area (Å²) in [7, 11) is 0. The molecule has 0 aromatic heterocycles. The van der Waals surface area contributed by atoms with Gasteiger partial charge in [0.25, 0.3) is 0 Å². The number of hydrogen-bond acceptors (Lipinski definition) is 4. The third-order valence-electron chi connectivity index (χ3n) is 4.57. The molecule has 0 spiro atoms. The highest BCUT2D eigenvalue weighted by molar-refractivity contribution is 6.01. The van der Waals surface area contributed by atoms with Crippen LogP contribution in [0.4, 0.5) is 5.69 Å². The van der Waals surface area contributed by atoms with Crippen LogP contribution in [0.15, 0.2) is 53.5 Å². The van der Waals surface area contributed by atoms with Crippen molar-refractivity contribution in [3.63, 3.8) is 0 Å². The number of nitrogen functional groups attached to an aromatic ring is 1. The number of fused-ring (bicyclic) bond motifs is 3. The highest BCUT2D eigenvalue weighted by atomic mass is 16.1. The summed E-state index contributed by atoms with van der Waals surface area (Å²) >= 11 is 0. The van der Waals surface area contributed by atoms with Crippen LogP contribution >= 0.6 is 0 Å². The normalized spacial score (nSPS) is 21.7. The van der Waals surface area contributed by atoms with Gasteiger partial charge in [-0.2, -0.15) is 0 Å². The minimum Gasteiger partial charge on any atom is -0.398 e. The van der Waals surface area contributed by atoms with E-state index in [1.54, 1.807) is 12.1 Å². The summed E-state index contributed by atoms with van der Waals surface area (Å²) in [5.74, 6) is 0.0823. The summed E-state index contributed by atoms with van der Waals surface area (Å²) in [6.45, 7) is 0.773. The fourth-order valence-corrected chi connectivity index (χ4v) is 3.50. The monoisotopic (exact) mass is 291 g/mol. The molecule has 0 saturated carbocycles. The van der Waals surface area contributed by atoms with Gasteiger partial charge in [-0.3, -0.25) is 9.79 Å². The molecule has 2 aromatic rings. The summed E-state index contributed by atoms with van der Waals surface area (Å²) in [6, 6.07) is 16.0. The number of hydrogen-bond donors (Lipinski definition) is 1. The van der Waals surface area contributed by atoms with Crippen molar-refractivity contribution < 1.29 is 4.79 Å². The minimum atomic E-state index is 0.0551. The Morgan fingerprint density at radius 2 is 1.86 bits per heavy atom. The topological polar surface area (TPSA) is 58.7 Å². The van der Waals surface area contributed by atoms with Gasteiger partial charge < -0.3 is 10.6 Å². The number of benzene rings is 2. The number of nitrogens with zero attached hydrogens (tertiary/aromatic N) is 2. The van der Waals surface area contributed by atoms with E-state index in [2.05, 4.69) is 28.1 Å². The lowest BCUT2D eigenvalue weighted by atomic mass is 9.96. The predicted molar refractivity (Wildman–Crippen MR) is 86.9 cm³/mol. The Kier molecular flexibility index (Phi) is 2.96. The Hall–Kier alpha value is -2.62. The maximum Gasteiger partial charge on any atom is 0.167 e. The van der Waals surface area contributed by atoms with Gasteiger partial charge in [0.2, 0.25) is 0 Å². The summed E-state index contributed by atoms with van der Waals surface area (Å²) in [6.07, 6.45) is 2.31. The molecule has 0 radical (unpaired) electrons. The van der Waals surface area contributed by atoms with Gasteiger partial charge in [-0.05, 0) is 23.3 Å². The molecule has 4 nitrogen and oxygen atoms in total. The highest BCUT2D eigenvalue weighted by Crippen LogP contribution is 2.45. The molecule has 2 atom stereocenters. The number of carbonyl (C=O) groups excluding carboxylic acids is 1. The molecule has 4 rings (SSSR count). The van der Waals surface area contributed by atoms with Crippen molar-refractivity contribution in [2.45, 2.75) is 18.5 Å². The van der Waals surface area contributed by atoms with Crippen molar-refractivity contribution in [3.8, 4) is 0 Å². The lowest BCUT2D eigenvalue weighted by molar-refractivity contribution is 0.0952. The third-order valence-corrected chi connectivity index (χ3v) is 4.57. The maximum absolute atomic E-state index is 12.7. The smallest absolute Gasteiger partial charge is 0.167 e. The van der Waals surface area contributed by atoms with Crippen LogP contribution in [0.25, 0.3) is 0 Å². The molecule has 110 valence electrons. The standard InChI is InChI=1S/C18H17N3O/c19-15-8-4-3-7-14(15)18(22)9-16-12-5-1-2-6-13(12)17-10-20-11-21(16)17/h1-8,11,16-17H,9-10,19H2. The number of ketones is 1. The number of para-hydroxylation sites is 1. The zero-order valence-electron chi connectivity index (χ0n) is 12.1. The fraction of sp³-hybridized carbons (Fsp3) is 0.222. The molecular weight excluding hydrogens is 274 g/mol. The average molecular weight is 291 g/mol. The van der Waals surface area contributed by atoms with E-state index in [0.717, 1.165) is 6.54 Å². The van der Waals surface area contributed by atoms with E-state index in [-0.39, 0.29) is 17.9 Å². The molecule has 2 aliphatic heterocycles. The van der Waals surface area contributed by atoms with E-state index in [1.165, 1.54) is 11.1 Å². The first-order valence-corrected chi connectivity index (χ1v) is 7.49. The Balaban J connectivity index is 1.67. The van der Waals surface area contributed by atoms with Gasteiger partial charge in [0.1, 0.15) is 0 Å². The SMILES string of the molecule is Nc1ccccc1C(=O)CC1c2ccccc2C2CN=CN21. The molecule has 2 heterocycles. The lowest BCUT2D eigenvalue weighted by Crippen LogP contribution is -2.24. The van der Waals surface area contributed by atoms with E-state index < -0.39 is 0 Å². The molecule has 0 aliphatic carbocycles. The number of Topliss-reactive ketones (excluding diaryl/α,β-unsaturated/α-hetero) is 1. The number of nitrogens with two attached hydrogens (primary N) is 1. The third kappa shape index (κ3) is 1.91. The fourth-order valence-electron chi connectivity index (χ4n) is 3.50. The molecule has 0 fully saturated rings. The number of rotatable bonds is 3. The van der Waals surface area contributed by atoms with Gasteiger partial charge in [-0.15, -0.1) is 0 Å². The molecule has 22 heavy (non-hydrogen) atoms. The van der Waals surface area contributed by atoms with Gasteiger partial charge in [0, 0.05) is 17.7 Å². The molecule has 0 saturated heterocycles. The second-order valence-electron chi connectivity index (χ2n) is 5.80. The van der Waals surface area contributed by atoms with Crippen molar-refractivity contribution in [3.05, 3.63) is 65.2 Å². The van der Waals surface area contributed by atoms with Gasteiger partial charge in [0.05, 0.1) is 25.0 Å². The Morgan fingerprint density at radius 3 is 2.68 bits per heavy atom. The highest BCUT2D eigenvalue weighted by Gasteiger charge is 2.39. The van der Waals surface area contributed by atoms with Gasteiger partial charge in [-0.25, -0.2) is 0 Å². The average Bonchev–Trinajstić information content (AvgIpc) is 3.11. The first-order chi connectivity index (χ1) is 10.8. The molecule has 2 aromatic carbocycles. The largest absolute Gasteiger partial charge is 0.398 e. The second-order valence-corrected chi connectivity index (χ2v) is 5.80. The molecule has 0 amide bonds. The Bertz CT molecular complexity index is 768. The first-order valence-electron chi connectivity index (χ1n) is 7.49. The number of carbonyl (C=O) groups is 1. The Labute approximate surface area is 129 Å². The van der Waals surface area contributed by atoms with Crippen LogP contribution in [0.3, 0.4) is 0 Å². The lowest BCUT2D eigenvalue weighted by Gasteiger charge is -2.23. The van der Waals surface area contributed by atoms with E-state index in [0.29, 0.717) is 17.7 Å². The van der Waals surface area contributed by atoms with E-state index >= 15 is 0 Å². The van der Waals surface area contributed by atoms with Gasteiger partial charge >= 0.3 is 0 Å². The van der Waals surface area contributed by atoms with Crippen LogP contribution in [0.1, 0.15) is 40.0 Å². The molecule has 2 N–H and O–H groups in total. The van der Waals surface area contributed by atoms with Crippen LogP contribution in [0.5, 0.6) is 0 Å². The number of aliphatic imine (C=N–C) groups is 1. The summed E-state index contributed by atoms with van der Waals surface area (Å²) in [4.78, 5) is 19.3. The van der Waals surface area contributed by atoms with Crippen molar-refractivity contribution in [2.75, 3.05) is 12.3 Å². The molecular formula is C18H17N3O. The van der Waals surface area contributed by atoms with Gasteiger partial charge in [0.15, 0.2) is 5.78 Å². The zero-order chi connectivity index (χ0) is 15.1. The first kappa shape index (κ1) is 13.1. The Morgan fingerprint density at radius 1 is 1.14 bits per heavy atom. The van der Waals surface area contributed by atoms with Crippen LogP contribution in [-0.4, -0.2) is 23.6 Å². The minimum absolute atomic E-state index is 0.0551. The quantitative estimate of drug-likeness (QED) is 0.698. The molecule has 4 heteroatoms. The number of anilines is 1. The predicted octanol–water partition coefficient (Wildman–Crippen LogP) is 2.98. The molecule has 0 bridgehead atoms. The van der Waals surface area contributed by atoms with Crippen molar-refractivity contribution in [1.82, 2.24) is 4.90 Å². The van der Waals surface area contributed by atoms with Crippen molar-refractivity contribution >= 4 is 17.8 Å².